The van der Waals surface area contributed by atoms with Crippen LogP contribution in [0.25, 0.3) is 0 Å². The number of anilines is 1. The van der Waals surface area contributed by atoms with Gasteiger partial charge >= 0.3 is 0 Å². The Hall–Kier alpha value is -2.11. The highest BCUT2D eigenvalue weighted by atomic mass is 16.6. The predicted octanol–water partition coefficient (Wildman–Crippen LogP) is 2.44. The quantitative estimate of drug-likeness (QED) is 0.491. The number of hydrogen-bond donors (Lipinski definition) is 1. The normalized spacial score (nSPS) is 14.1. The van der Waals surface area contributed by atoms with Gasteiger partial charge in [-0.05, 0) is 31.2 Å². The van der Waals surface area contributed by atoms with Crippen LogP contribution in [0.15, 0.2) is 18.2 Å². The van der Waals surface area contributed by atoms with Gasteiger partial charge in [0.1, 0.15) is 5.69 Å². The van der Waals surface area contributed by atoms with Crippen LogP contribution in [0.3, 0.4) is 0 Å². The van der Waals surface area contributed by atoms with Crippen molar-refractivity contribution in [2.75, 3.05) is 18.8 Å². The maximum atomic E-state index is 12.5. The zero-order valence-electron chi connectivity index (χ0n) is 11.5. The van der Waals surface area contributed by atoms with Crippen molar-refractivity contribution >= 4 is 17.3 Å². The van der Waals surface area contributed by atoms with E-state index in [0.717, 1.165) is 25.8 Å². The summed E-state index contributed by atoms with van der Waals surface area (Å²) in [6, 6.07) is 4.38. The highest BCUT2D eigenvalue weighted by molar-refractivity contribution is 6.01. The molecule has 0 spiro atoms. The van der Waals surface area contributed by atoms with Crippen LogP contribution in [-0.2, 0) is 0 Å². The lowest BCUT2D eigenvalue weighted by Crippen LogP contribution is -2.34. The molecule has 1 aromatic carbocycles. The summed E-state index contributed by atoms with van der Waals surface area (Å²) in [5, 5.41) is 10.9. The van der Waals surface area contributed by atoms with Gasteiger partial charge in [0.15, 0.2) is 0 Å². The molecular formula is C14H19N3O3. The van der Waals surface area contributed by atoms with Crippen LogP contribution in [0.4, 0.5) is 11.4 Å². The number of rotatable bonds is 6. The number of nitrogens with zero attached hydrogens (tertiary/aromatic N) is 2. The molecule has 108 valence electrons. The van der Waals surface area contributed by atoms with Gasteiger partial charge in [-0.3, -0.25) is 14.9 Å². The first kappa shape index (κ1) is 14.3. The molecule has 0 bridgehead atoms. The third-order valence-electron chi connectivity index (χ3n) is 3.47. The SMILES string of the molecule is CCCN(CC1CC1)C(=O)c1cccc([N+](=O)[O-])c1N. The summed E-state index contributed by atoms with van der Waals surface area (Å²) in [6.07, 6.45) is 3.16. The first-order valence-electron chi connectivity index (χ1n) is 6.86. The topological polar surface area (TPSA) is 89.5 Å². The van der Waals surface area contributed by atoms with Crippen molar-refractivity contribution in [3.05, 3.63) is 33.9 Å². The van der Waals surface area contributed by atoms with Crippen LogP contribution in [0, 0.1) is 16.0 Å². The Kier molecular flexibility index (Phi) is 4.22. The van der Waals surface area contributed by atoms with E-state index in [2.05, 4.69) is 0 Å². The molecule has 0 atom stereocenters. The first-order chi connectivity index (χ1) is 9.54. The Labute approximate surface area is 117 Å². The van der Waals surface area contributed by atoms with E-state index in [1.165, 1.54) is 12.1 Å². The fourth-order valence-electron chi connectivity index (χ4n) is 2.23. The van der Waals surface area contributed by atoms with Crippen molar-refractivity contribution in [2.45, 2.75) is 26.2 Å². The van der Waals surface area contributed by atoms with Crippen LogP contribution in [0.2, 0.25) is 0 Å². The zero-order chi connectivity index (χ0) is 14.7. The molecule has 0 aliphatic heterocycles. The highest BCUT2D eigenvalue weighted by Crippen LogP contribution is 2.31. The number of para-hydroxylation sites is 1. The van der Waals surface area contributed by atoms with E-state index in [0.29, 0.717) is 12.5 Å². The largest absolute Gasteiger partial charge is 0.393 e. The second-order valence-electron chi connectivity index (χ2n) is 5.19. The number of nitrogen functional groups attached to an aromatic ring is 1. The van der Waals surface area contributed by atoms with Crippen LogP contribution in [-0.4, -0.2) is 28.8 Å². The minimum atomic E-state index is -0.558. The summed E-state index contributed by atoms with van der Waals surface area (Å²) in [7, 11) is 0. The third-order valence-corrected chi connectivity index (χ3v) is 3.47. The van der Waals surface area contributed by atoms with E-state index in [1.807, 2.05) is 6.92 Å². The number of carbonyl (C=O) groups excluding carboxylic acids is 1. The van der Waals surface area contributed by atoms with Gasteiger partial charge in [-0.15, -0.1) is 0 Å². The van der Waals surface area contributed by atoms with E-state index < -0.39 is 4.92 Å². The van der Waals surface area contributed by atoms with Gasteiger partial charge in [0.25, 0.3) is 11.6 Å². The third kappa shape index (κ3) is 3.07. The Morgan fingerprint density at radius 2 is 2.20 bits per heavy atom. The molecule has 1 saturated carbocycles. The smallest absolute Gasteiger partial charge is 0.292 e. The summed E-state index contributed by atoms with van der Waals surface area (Å²) >= 11 is 0. The molecule has 1 amide bonds. The van der Waals surface area contributed by atoms with Gasteiger partial charge in [-0.1, -0.05) is 13.0 Å². The van der Waals surface area contributed by atoms with Crippen molar-refractivity contribution in [2.24, 2.45) is 5.92 Å². The molecule has 1 aliphatic carbocycles. The molecule has 0 aromatic heterocycles. The summed E-state index contributed by atoms with van der Waals surface area (Å²) in [6.45, 7) is 3.37. The lowest BCUT2D eigenvalue weighted by molar-refractivity contribution is -0.383. The number of carbonyl (C=O) groups is 1. The van der Waals surface area contributed by atoms with Crippen LogP contribution < -0.4 is 5.73 Å². The molecule has 1 aliphatic rings. The molecule has 20 heavy (non-hydrogen) atoms. The molecule has 2 rings (SSSR count). The summed E-state index contributed by atoms with van der Waals surface area (Å²) in [4.78, 5) is 24.6. The molecule has 0 saturated heterocycles. The maximum absolute atomic E-state index is 12.5. The number of amides is 1. The first-order valence-corrected chi connectivity index (χ1v) is 6.86. The molecule has 1 fully saturated rings. The minimum absolute atomic E-state index is 0.0422. The van der Waals surface area contributed by atoms with Crippen molar-refractivity contribution in [3.8, 4) is 0 Å². The van der Waals surface area contributed by atoms with E-state index in [-0.39, 0.29) is 22.8 Å². The lowest BCUT2D eigenvalue weighted by atomic mass is 10.1. The monoisotopic (exact) mass is 277 g/mol. The molecule has 0 heterocycles. The zero-order valence-corrected chi connectivity index (χ0v) is 11.5. The van der Waals surface area contributed by atoms with Crippen LogP contribution in [0.1, 0.15) is 36.5 Å². The fraction of sp³-hybridized carbons (Fsp3) is 0.500. The summed E-state index contributed by atoms with van der Waals surface area (Å²) in [5.41, 5.74) is 5.75. The Bertz CT molecular complexity index is 526. The second kappa shape index (κ2) is 5.90. The van der Waals surface area contributed by atoms with Gasteiger partial charge in [0.05, 0.1) is 10.5 Å². The fourth-order valence-corrected chi connectivity index (χ4v) is 2.23. The summed E-state index contributed by atoms with van der Waals surface area (Å²) < 4.78 is 0. The van der Waals surface area contributed by atoms with Gasteiger partial charge in [0, 0.05) is 19.2 Å². The van der Waals surface area contributed by atoms with Crippen molar-refractivity contribution in [1.29, 1.82) is 0 Å². The number of nitrogens with two attached hydrogens (primary N) is 1. The van der Waals surface area contributed by atoms with Crippen LogP contribution >= 0.6 is 0 Å². The van der Waals surface area contributed by atoms with Crippen LogP contribution in [0.5, 0.6) is 0 Å². The van der Waals surface area contributed by atoms with E-state index in [1.54, 1.807) is 11.0 Å². The Balaban J connectivity index is 2.25. The van der Waals surface area contributed by atoms with E-state index >= 15 is 0 Å². The Morgan fingerprint density at radius 3 is 2.75 bits per heavy atom. The lowest BCUT2D eigenvalue weighted by Gasteiger charge is -2.22. The summed E-state index contributed by atoms with van der Waals surface area (Å²) in [5.74, 6) is 0.366. The number of hydrogen-bond acceptors (Lipinski definition) is 4. The number of benzene rings is 1. The van der Waals surface area contributed by atoms with Gasteiger partial charge in [0.2, 0.25) is 0 Å². The molecule has 1 aromatic rings. The molecule has 2 N–H and O–H groups in total. The number of nitro groups is 1. The predicted molar refractivity (Wildman–Crippen MR) is 76.4 cm³/mol. The average molecular weight is 277 g/mol. The minimum Gasteiger partial charge on any atom is -0.393 e. The molecule has 0 radical (unpaired) electrons. The number of nitro benzene ring substituents is 1. The molecule has 0 unspecified atom stereocenters. The highest BCUT2D eigenvalue weighted by Gasteiger charge is 2.28. The molecule has 6 heteroatoms. The van der Waals surface area contributed by atoms with Crippen molar-refractivity contribution < 1.29 is 9.72 Å². The van der Waals surface area contributed by atoms with Gasteiger partial charge in [-0.2, -0.15) is 0 Å². The van der Waals surface area contributed by atoms with E-state index in [9.17, 15) is 14.9 Å². The molecule has 6 nitrogen and oxygen atoms in total. The van der Waals surface area contributed by atoms with Crippen molar-refractivity contribution in [1.82, 2.24) is 4.90 Å². The Morgan fingerprint density at radius 1 is 1.50 bits per heavy atom. The van der Waals surface area contributed by atoms with Crippen molar-refractivity contribution in [3.63, 3.8) is 0 Å². The maximum Gasteiger partial charge on any atom is 0.292 e. The van der Waals surface area contributed by atoms with Gasteiger partial charge in [-0.25, -0.2) is 0 Å². The van der Waals surface area contributed by atoms with E-state index in [4.69, 9.17) is 5.73 Å². The van der Waals surface area contributed by atoms with Gasteiger partial charge < -0.3 is 10.6 Å². The standard InChI is InChI=1S/C14H19N3O3/c1-2-8-16(9-10-6-7-10)14(18)11-4-3-5-12(13(11)15)17(19)20/h3-5,10H,2,6-9,15H2,1H3. The second-order valence-corrected chi connectivity index (χ2v) is 5.19. The molecular weight excluding hydrogens is 258 g/mol. The average Bonchev–Trinajstić information content (AvgIpc) is 3.21.